The number of phenols is 1. The number of benzene rings is 2. The van der Waals surface area contributed by atoms with Gasteiger partial charge in [-0.15, -0.1) is 0 Å². The van der Waals surface area contributed by atoms with Crippen molar-refractivity contribution in [3.8, 4) is 11.4 Å². The van der Waals surface area contributed by atoms with Crippen molar-refractivity contribution >= 4 is 17.6 Å². The SMILES string of the molecule is COC(=O)c1cccc(NC(=O)c2cnn(-c3ccccc3)c2C)c1O. The van der Waals surface area contributed by atoms with Crippen molar-refractivity contribution in [3.05, 3.63) is 71.5 Å². The van der Waals surface area contributed by atoms with Crippen LogP contribution in [0.3, 0.4) is 0 Å². The standard InChI is InChI=1S/C19H17N3O4/c1-12-15(11-20-22(12)13-7-4-3-5-8-13)18(24)21-16-10-6-9-14(17(16)23)19(25)26-2/h3-11,23H,1-2H3,(H,21,24). The Hall–Kier alpha value is -3.61. The summed E-state index contributed by atoms with van der Waals surface area (Å²) in [6.45, 7) is 1.78. The molecule has 0 unspecified atom stereocenters. The number of aromatic hydroxyl groups is 1. The molecular weight excluding hydrogens is 334 g/mol. The predicted molar refractivity (Wildman–Crippen MR) is 95.7 cm³/mol. The maximum absolute atomic E-state index is 12.6. The van der Waals surface area contributed by atoms with Gasteiger partial charge in [-0.2, -0.15) is 5.10 Å². The third-order valence-electron chi connectivity index (χ3n) is 3.94. The van der Waals surface area contributed by atoms with Crippen molar-refractivity contribution in [1.82, 2.24) is 9.78 Å². The number of phenolic OH excluding ortho intramolecular Hbond substituents is 1. The van der Waals surface area contributed by atoms with Crippen molar-refractivity contribution < 1.29 is 19.4 Å². The molecule has 0 spiro atoms. The van der Waals surface area contributed by atoms with Gasteiger partial charge in [0.1, 0.15) is 5.56 Å². The lowest BCUT2D eigenvalue weighted by molar-refractivity contribution is 0.0597. The van der Waals surface area contributed by atoms with Crippen LogP contribution in [0.4, 0.5) is 5.69 Å². The number of hydrogen-bond acceptors (Lipinski definition) is 5. The molecule has 2 aromatic carbocycles. The van der Waals surface area contributed by atoms with Gasteiger partial charge in [0.2, 0.25) is 0 Å². The Kier molecular flexibility index (Phi) is 4.70. The van der Waals surface area contributed by atoms with E-state index >= 15 is 0 Å². The second-order valence-corrected chi connectivity index (χ2v) is 5.54. The number of amides is 1. The number of para-hydroxylation sites is 2. The molecule has 1 amide bonds. The number of carbonyl (C=O) groups excluding carboxylic acids is 2. The van der Waals surface area contributed by atoms with Crippen LogP contribution in [0.5, 0.6) is 5.75 Å². The largest absolute Gasteiger partial charge is 0.505 e. The minimum Gasteiger partial charge on any atom is -0.505 e. The molecule has 7 heteroatoms. The number of rotatable bonds is 4. The first-order valence-electron chi connectivity index (χ1n) is 7.84. The zero-order valence-electron chi connectivity index (χ0n) is 14.3. The zero-order valence-corrected chi connectivity index (χ0v) is 14.3. The summed E-state index contributed by atoms with van der Waals surface area (Å²) in [5.74, 6) is -1.48. The van der Waals surface area contributed by atoms with Gasteiger partial charge in [-0.1, -0.05) is 24.3 Å². The molecule has 26 heavy (non-hydrogen) atoms. The minimum absolute atomic E-state index is 0.0259. The fourth-order valence-corrected chi connectivity index (χ4v) is 2.57. The van der Waals surface area contributed by atoms with Crippen molar-refractivity contribution in [2.45, 2.75) is 6.92 Å². The molecule has 0 aliphatic heterocycles. The highest BCUT2D eigenvalue weighted by molar-refractivity contribution is 6.07. The van der Waals surface area contributed by atoms with E-state index in [1.54, 1.807) is 17.7 Å². The van der Waals surface area contributed by atoms with Gasteiger partial charge < -0.3 is 15.2 Å². The number of esters is 1. The Morgan fingerprint density at radius 2 is 1.81 bits per heavy atom. The molecule has 0 aliphatic carbocycles. The van der Waals surface area contributed by atoms with Crippen LogP contribution in [0.15, 0.2) is 54.7 Å². The first-order valence-corrected chi connectivity index (χ1v) is 7.84. The fraction of sp³-hybridized carbons (Fsp3) is 0.105. The van der Waals surface area contributed by atoms with Gasteiger partial charge in [-0.25, -0.2) is 9.48 Å². The summed E-state index contributed by atoms with van der Waals surface area (Å²) < 4.78 is 6.26. The first kappa shape index (κ1) is 17.2. The molecule has 2 N–H and O–H groups in total. The Balaban J connectivity index is 1.88. The summed E-state index contributed by atoms with van der Waals surface area (Å²) in [6, 6.07) is 13.9. The van der Waals surface area contributed by atoms with Crippen molar-refractivity contribution in [3.63, 3.8) is 0 Å². The number of aromatic nitrogens is 2. The van der Waals surface area contributed by atoms with Crippen LogP contribution in [0.1, 0.15) is 26.4 Å². The number of methoxy groups -OCH3 is 1. The molecule has 0 aliphatic rings. The predicted octanol–water partition coefficient (Wildman–Crippen LogP) is 2.93. The molecule has 0 saturated heterocycles. The van der Waals surface area contributed by atoms with Gasteiger partial charge in [-0.3, -0.25) is 4.79 Å². The van der Waals surface area contributed by atoms with E-state index in [4.69, 9.17) is 0 Å². The number of nitrogens with zero attached hydrogens (tertiary/aromatic N) is 2. The normalized spacial score (nSPS) is 10.4. The van der Waals surface area contributed by atoms with E-state index in [1.165, 1.54) is 25.4 Å². The van der Waals surface area contributed by atoms with Gasteiger partial charge in [0.15, 0.2) is 5.75 Å². The lowest BCUT2D eigenvalue weighted by Crippen LogP contribution is -2.14. The Morgan fingerprint density at radius 3 is 2.50 bits per heavy atom. The van der Waals surface area contributed by atoms with Crippen molar-refractivity contribution in [2.75, 3.05) is 12.4 Å². The maximum atomic E-state index is 12.6. The average molecular weight is 351 g/mol. The summed E-state index contributed by atoms with van der Waals surface area (Å²) in [4.78, 5) is 24.2. The van der Waals surface area contributed by atoms with E-state index in [2.05, 4.69) is 15.2 Å². The van der Waals surface area contributed by atoms with Crippen LogP contribution in [-0.4, -0.2) is 33.9 Å². The summed E-state index contributed by atoms with van der Waals surface area (Å²) in [6.07, 6.45) is 1.46. The molecule has 1 aromatic heterocycles. The number of nitrogens with one attached hydrogen (secondary N) is 1. The number of anilines is 1. The van der Waals surface area contributed by atoms with Gasteiger partial charge in [0.25, 0.3) is 5.91 Å². The van der Waals surface area contributed by atoms with E-state index < -0.39 is 11.9 Å². The van der Waals surface area contributed by atoms with Crippen LogP contribution in [0.25, 0.3) is 5.69 Å². The fourth-order valence-electron chi connectivity index (χ4n) is 2.57. The van der Waals surface area contributed by atoms with Gasteiger partial charge in [0, 0.05) is 0 Å². The molecule has 0 atom stereocenters. The highest BCUT2D eigenvalue weighted by Crippen LogP contribution is 2.28. The second-order valence-electron chi connectivity index (χ2n) is 5.54. The smallest absolute Gasteiger partial charge is 0.341 e. The van der Waals surface area contributed by atoms with Gasteiger partial charge >= 0.3 is 5.97 Å². The Bertz CT molecular complexity index is 964. The van der Waals surface area contributed by atoms with E-state index in [9.17, 15) is 14.7 Å². The third kappa shape index (κ3) is 3.14. The van der Waals surface area contributed by atoms with E-state index in [-0.39, 0.29) is 17.0 Å². The van der Waals surface area contributed by atoms with Crippen molar-refractivity contribution in [1.29, 1.82) is 0 Å². The Labute approximate surface area is 149 Å². The molecule has 132 valence electrons. The topological polar surface area (TPSA) is 93.5 Å². The van der Waals surface area contributed by atoms with Gasteiger partial charge in [0.05, 0.1) is 35.9 Å². The molecule has 3 rings (SSSR count). The van der Waals surface area contributed by atoms with E-state index in [0.717, 1.165) is 5.69 Å². The summed E-state index contributed by atoms with van der Waals surface area (Å²) >= 11 is 0. The minimum atomic E-state index is -0.688. The lowest BCUT2D eigenvalue weighted by atomic mass is 10.1. The molecule has 0 bridgehead atoms. The number of carbonyl (C=O) groups is 2. The summed E-state index contributed by atoms with van der Waals surface area (Å²) in [5, 5.41) is 17.1. The first-order chi connectivity index (χ1) is 12.5. The molecule has 0 radical (unpaired) electrons. The molecule has 7 nitrogen and oxygen atoms in total. The quantitative estimate of drug-likeness (QED) is 0.557. The summed E-state index contributed by atoms with van der Waals surface area (Å²) in [7, 11) is 1.22. The molecule has 0 fully saturated rings. The monoisotopic (exact) mass is 351 g/mol. The molecule has 3 aromatic rings. The lowest BCUT2D eigenvalue weighted by Gasteiger charge is -2.10. The van der Waals surface area contributed by atoms with Crippen LogP contribution in [0, 0.1) is 6.92 Å². The van der Waals surface area contributed by atoms with Crippen LogP contribution in [0.2, 0.25) is 0 Å². The highest BCUT2D eigenvalue weighted by Gasteiger charge is 2.19. The summed E-state index contributed by atoms with van der Waals surface area (Å²) in [5.41, 5.74) is 1.93. The Morgan fingerprint density at radius 1 is 1.08 bits per heavy atom. The van der Waals surface area contributed by atoms with Crippen LogP contribution >= 0.6 is 0 Å². The molecular formula is C19H17N3O4. The highest BCUT2D eigenvalue weighted by atomic mass is 16.5. The third-order valence-corrected chi connectivity index (χ3v) is 3.94. The number of ether oxygens (including phenoxy) is 1. The van der Waals surface area contributed by atoms with E-state index in [1.807, 2.05) is 30.3 Å². The van der Waals surface area contributed by atoms with Crippen LogP contribution in [-0.2, 0) is 4.74 Å². The van der Waals surface area contributed by atoms with Crippen molar-refractivity contribution in [2.24, 2.45) is 0 Å². The maximum Gasteiger partial charge on any atom is 0.341 e. The molecule has 1 heterocycles. The second kappa shape index (κ2) is 7.10. The zero-order chi connectivity index (χ0) is 18.7. The van der Waals surface area contributed by atoms with E-state index in [0.29, 0.717) is 11.3 Å². The van der Waals surface area contributed by atoms with Gasteiger partial charge in [-0.05, 0) is 31.2 Å². The number of hydrogen-bond donors (Lipinski definition) is 2. The van der Waals surface area contributed by atoms with Crippen LogP contribution < -0.4 is 5.32 Å². The average Bonchev–Trinajstić information content (AvgIpc) is 3.05. The molecule has 0 saturated carbocycles.